The first kappa shape index (κ1) is 17.4. The predicted molar refractivity (Wildman–Crippen MR) is 107 cm³/mol. The average Bonchev–Trinajstić information content (AvgIpc) is 3.23. The Kier molecular flexibility index (Phi) is 4.49. The number of aryl methyl sites for hydroxylation is 1. The molecule has 27 heavy (non-hydrogen) atoms. The largest absolute Gasteiger partial charge is 0.345 e. The molecule has 2 atom stereocenters. The second-order valence-electron chi connectivity index (χ2n) is 6.70. The van der Waals surface area contributed by atoms with E-state index in [0.717, 1.165) is 26.8 Å². The number of nitrogens with zero attached hydrogens (tertiary/aromatic N) is 1. The second kappa shape index (κ2) is 6.96. The van der Waals surface area contributed by atoms with Crippen molar-refractivity contribution < 1.29 is 9.59 Å². The van der Waals surface area contributed by atoms with Crippen LogP contribution in [-0.4, -0.2) is 22.2 Å². The molecule has 1 aliphatic rings. The zero-order valence-corrected chi connectivity index (χ0v) is 15.7. The topological polar surface area (TPSA) is 71.1 Å². The molecule has 4 rings (SSSR count). The molecule has 0 saturated carbocycles. The van der Waals surface area contributed by atoms with Gasteiger partial charge in [-0.05, 0) is 54.2 Å². The van der Waals surface area contributed by atoms with Crippen LogP contribution in [0.25, 0.3) is 10.1 Å². The monoisotopic (exact) mass is 377 g/mol. The van der Waals surface area contributed by atoms with Crippen LogP contribution in [0.3, 0.4) is 0 Å². The van der Waals surface area contributed by atoms with Crippen LogP contribution in [0.2, 0.25) is 0 Å². The minimum atomic E-state index is -0.290. The molecule has 0 unspecified atom stereocenters. The molecule has 0 bridgehead atoms. The maximum absolute atomic E-state index is 12.9. The number of benzene rings is 2. The maximum atomic E-state index is 12.9. The highest BCUT2D eigenvalue weighted by atomic mass is 32.1. The molecule has 6 heteroatoms. The van der Waals surface area contributed by atoms with Crippen molar-refractivity contribution in [2.24, 2.45) is 0 Å². The highest BCUT2D eigenvalue weighted by molar-refractivity contribution is 7.13. The lowest BCUT2D eigenvalue weighted by molar-refractivity contribution is -0.117. The van der Waals surface area contributed by atoms with Gasteiger partial charge in [-0.2, -0.15) is 4.37 Å². The molecule has 1 heterocycles. The molecule has 0 fully saturated rings. The smallest absolute Gasteiger partial charge is 0.271 e. The minimum absolute atomic E-state index is 0.220. The van der Waals surface area contributed by atoms with Gasteiger partial charge < -0.3 is 10.6 Å². The fourth-order valence-electron chi connectivity index (χ4n) is 3.57. The summed E-state index contributed by atoms with van der Waals surface area (Å²) in [5.74, 6) is -0.479. The van der Waals surface area contributed by atoms with E-state index < -0.39 is 0 Å². The van der Waals surface area contributed by atoms with Crippen LogP contribution in [0.1, 0.15) is 33.2 Å². The Bertz CT molecular complexity index is 1060. The summed E-state index contributed by atoms with van der Waals surface area (Å²) in [6.07, 6.45) is 1.90. The summed E-state index contributed by atoms with van der Waals surface area (Å²) in [4.78, 5) is 24.8. The summed E-state index contributed by atoms with van der Waals surface area (Å²) in [6, 6.07) is 13.4. The summed E-state index contributed by atoms with van der Waals surface area (Å²) in [5, 5.41) is 6.88. The molecule has 0 radical (unpaired) electrons. The highest BCUT2D eigenvalue weighted by Gasteiger charge is 2.34. The number of hydrogen-bond donors (Lipinski definition) is 2. The first-order valence-corrected chi connectivity index (χ1v) is 9.52. The van der Waals surface area contributed by atoms with Gasteiger partial charge in [0.2, 0.25) is 5.91 Å². The van der Waals surface area contributed by atoms with Crippen LogP contribution in [0.5, 0.6) is 0 Å². The predicted octanol–water partition coefficient (Wildman–Crippen LogP) is 3.30. The molecule has 2 amide bonds. The van der Waals surface area contributed by atoms with Crippen LogP contribution in [-0.2, 0) is 11.2 Å². The van der Waals surface area contributed by atoms with E-state index in [2.05, 4.69) is 21.6 Å². The average molecular weight is 377 g/mol. The van der Waals surface area contributed by atoms with Gasteiger partial charge in [-0.15, -0.1) is 0 Å². The molecular weight excluding hydrogens is 358 g/mol. The number of carbonyl (C=O) groups excluding carboxylic acids is 2. The van der Waals surface area contributed by atoms with Gasteiger partial charge in [0.05, 0.1) is 16.8 Å². The van der Waals surface area contributed by atoms with Crippen molar-refractivity contribution in [3.8, 4) is 0 Å². The molecule has 1 aliphatic carbocycles. The molecule has 0 saturated heterocycles. The minimum Gasteiger partial charge on any atom is -0.345 e. The molecule has 5 nitrogen and oxygen atoms in total. The molecule has 0 aliphatic heterocycles. The number of hydrogen-bond acceptors (Lipinski definition) is 4. The SMILES string of the molecule is C=CC(=O)N[C@@H]1c2ccccc2C[C@H]1NC(=O)c1nsc2ccc(C)cc12. The summed E-state index contributed by atoms with van der Waals surface area (Å²) >= 11 is 1.32. The van der Waals surface area contributed by atoms with Crippen molar-refractivity contribution >= 4 is 33.4 Å². The third-order valence-corrected chi connectivity index (χ3v) is 5.70. The first-order chi connectivity index (χ1) is 13.1. The van der Waals surface area contributed by atoms with Gasteiger partial charge >= 0.3 is 0 Å². The first-order valence-electron chi connectivity index (χ1n) is 8.74. The van der Waals surface area contributed by atoms with Gasteiger partial charge in [0.25, 0.3) is 5.91 Å². The van der Waals surface area contributed by atoms with Crippen molar-refractivity contribution in [2.75, 3.05) is 0 Å². The molecule has 2 N–H and O–H groups in total. The zero-order valence-electron chi connectivity index (χ0n) is 14.9. The Morgan fingerprint density at radius 2 is 2.04 bits per heavy atom. The van der Waals surface area contributed by atoms with E-state index in [1.165, 1.54) is 17.6 Å². The highest BCUT2D eigenvalue weighted by Crippen LogP contribution is 2.32. The number of nitrogens with one attached hydrogen (secondary N) is 2. The number of amides is 2. The third-order valence-electron chi connectivity index (χ3n) is 4.87. The van der Waals surface area contributed by atoms with E-state index in [4.69, 9.17) is 0 Å². The van der Waals surface area contributed by atoms with Crippen molar-refractivity contribution in [1.82, 2.24) is 15.0 Å². The number of carbonyl (C=O) groups is 2. The zero-order chi connectivity index (χ0) is 19.0. The molecule has 0 spiro atoms. The van der Waals surface area contributed by atoms with Crippen molar-refractivity contribution in [1.29, 1.82) is 0 Å². The summed E-state index contributed by atoms with van der Waals surface area (Å²) in [7, 11) is 0. The number of aromatic nitrogens is 1. The summed E-state index contributed by atoms with van der Waals surface area (Å²) < 4.78 is 5.34. The fourth-order valence-corrected chi connectivity index (χ4v) is 4.33. The van der Waals surface area contributed by atoms with Gasteiger partial charge in [0, 0.05) is 5.39 Å². The standard InChI is InChI=1S/C21H19N3O2S/c1-3-18(25)23-19-14-7-5-4-6-13(14)11-16(19)22-21(26)20-15-10-12(2)8-9-17(15)27-24-20/h3-10,16,19H,1,11H2,2H3,(H,22,26)(H,23,25)/t16-,19-/m1/s1. The molecule has 1 aromatic heterocycles. The normalized spacial score (nSPS) is 18.1. The van der Waals surface area contributed by atoms with Crippen LogP contribution >= 0.6 is 11.5 Å². The Labute approximate surface area is 161 Å². The Balaban J connectivity index is 1.62. The Morgan fingerprint density at radius 1 is 1.22 bits per heavy atom. The van der Waals surface area contributed by atoms with Gasteiger partial charge in [0.1, 0.15) is 5.69 Å². The van der Waals surface area contributed by atoms with Gasteiger partial charge in [0.15, 0.2) is 0 Å². The Hall–Kier alpha value is -2.99. The summed E-state index contributed by atoms with van der Waals surface area (Å²) in [6.45, 7) is 5.51. The van der Waals surface area contributed by atoms with Crippen molar-refractivity contribution in [3.63, 3.8) is 0 Å². The lowest BCUT2D eigenvalue weighted by Crippen LogP contribution is -2.44. The van der Waals surface area contributed by atoms with E-state index in [1.807, 2.05) is 49.4 Å². The van der Waals surface area contributed by atoms with Gasteiger partial charge in [-0.1, -0.05) is 42.5 Å². The van der Waals surface area contributed by atoms with Gasteiger partial charge in [-0.25, -0.2) is 0 Å². The van der Waals surface area contributed by atoms with Gasteiger partial charge in [-0.3, -0.25) is 9.59 Å². The van der Waals surface area contributed by atoms with Crippen LogP contribution in [0.15, 0.2) is 55.1 Å². The van der Waals surface area contributed by atoms with Crippen LogP contribution in [0.4, 0.5) is 0 Å². The fraction of sp³-hybridized carbons (Fsp3) is 0.190. The second-order valence-corrected chi connectivity index (χ2v) is 7.51. The van der Waals surface area contributed by atoms with Crippen molar-refractivity contribution in [2.45, 2.75) is 25.4 Å². The van der Waals surface area contributed by atoms with E-state index in [0.29, 0.717) is 12.1 Å². The van der Waals surface area contributed by atoms with E-state index in [-0.39, 0.29) is 23.9 Å². The maximum Gasteiger partial charge on any atom is 0.271 e. The number of rotatable bonds is 4. The van der Waals surface area contributed by atoms with E-state index in [1.54, 1.807) is 0 Å². The third kappa shape index (κ3) is 3.24. The van der Waals surface area contributed by atoms with E-state index >= 15 is 0 Å². The number of fused-ring (bicyclic) bond motifs is 2. The molecule has 136 valence electrons. The van der Waals surface area contributed by atoms with Crippen molar-refractivity contribution in [3.05, 3.63) is 77.5 Å². The van der Waals surface area contributed by atoms with E-state index in [9.17, 15) is 9.59 Å². The lowest BCUT2D eigenvalue weighted by atomic mass is 10.1. The Morgan fingerprint density at radius 3 is 2.85 bits per heavy atom. The molecule has 3 aromatic rings. The lowest BCUT2D eigenvalue weighted by Gasteiger charge is -2.22. The quantitative estimate of drug-likeness (QED) is 0.686. The molecule has 2 aromatic carbocycles. The summed E-state index contributed by atoms with van der Waals surface area (Å²) in [5.41, 5.74) is 3.66. The van der Waals surface area contributed by atoms with Crippen LogP contribution in [0, 0.1) is 6.92 Å². The van der Waals surface area contributed by atoms with Crippen LogP contribution < -0.4 is 10.6 Å². The molecular formula is C21H19N3O2S.